The molecule has 5 aromatic rings. The topological polar surface area (TPSA) is 79.9 Å². The summed E-state index contributed by atoms with van der Waals surface area (Å²) in [5.41, 5.74) is 4.51. The van der Waals surface area contributed by atoms with Gasteiger partial charge in [0.05, 0.1) is 29.4 Å². The van der Waals surface area contributed by atoms with Crippen LogP contribution in [0.4, 0.5) is 4.39 Å². The number of methoxy groups -OCH3 is 1. The SMILES string of the molecule is COc1ccc(-c2[nH]nc3nc(-c4ccc(Cl)cc4)cc(C(=O)NCc4ccc(F)cc4)c23)cc1. The van der Waals surface area contributed by atoms with Crippen molar-refractivity contribution in [3.8, 4) is 28.3 Å². The molecule has 0 aliphatic rings. The summed E-state index contributed by atoms with van der Waals surface area (Å²) in [5, 5.41) is 11.6. The number of rotatable bonds is 6. The quantitative estimate of drug-likeness (QED) is 0.307. The lowest BCUT2D eigenvalue weighted by molar-refractivity contribution is 0.0952. The number of ether oxygens (including phenoxy) is 1. The standard InChI is InChI=1S/C27H20ClFN4O2/c1-35-21-12-6-18(7-13-21)25-24-22(27(34)30-15-16-2-10-20(29)11-3-16)14-23(31-26(24)33-32-25)17-4-8-19(28)9-5-17/h2-14H,15H2,1H3,(H,30,34)(H,31,32,33). The molecular formula is C27H20ClFN4O2. The fraction of sp³-hybridized carbons (Fsp3) is 0.0741. The smallest absolute Gasteiger partial charge is 0.252 e. The van der Waals surface area contributed by atoms with Gasteiger partial charge < -0.3 is 10.1 Å². The largest absolute Gasteiger partial charge is 0.497 e. The van der Waals surface area contributed by atoms with Crippen LogP contribution in [0.5, 0.6) is 5.75 Å². The average molecular weight is 487 g/mol. The molecule has 0 aliphatic carbocycles. The highest BCUT2D eigenvalue weighted by Gasteiger charge is 2.20. The fourth-order valence-electron chi connectivity index (χ4n) is 3.82. The summed E-state index contributed by atoms with van der Waals surface area (Å²) in [5.74, 6) is 0.0946. The van der Waals surface area contributed by atoms with Crippen molar-refractivity contribution < 1.29 is 13.9 Å². The maximum absolute atomic E-state index is 13.4. The van der Waals surface area contributed by atoms with E-state index in [2.05, 4.69) is 15.5 Å². The third-order valence-corrected chi connectivity index (χ3v) is 5.91. The predicted molar refractivity (Wildman–Crippen MR) is 134 cm³/mol. The highest BCUT2D eigenvalue weighted by atomic mass is 35.5. The Morgan fingerprint density at radius 2 is 1.69 bits per heavy atom. The number of hydrogen-bond donors (Lipinski definition) is 2. The number of pyridine rings is 1. The number of aromatic amines is 1. The third kappa shape index (κ3) is 4.72. The molecule has 2 heterocycles. The van der Waals surface area contributed by atoms with E-state index < -0.39 is 0 Å². The molecule has 5 rings (SSSR count). The first-order chi connectivity index (χ1) is 17.0. The van der Waals surface area contributed by atoms with Crippen molar-refractivity contribution in [1.82, 2.24) is 20.5 Å². The number of aromatic nitrogens is 3. The van der Waals surface area contributed by atoms with Gasteiger partial charge in [-0.15, -0.1) is 0 Å². The molecule has 1 amide bonds. The monoisotopic (exact) mass is 486 g/mol. The zero-order valence-electron chi connectivity index (χ0n) is 18.7. The molecule has 8 heteroatoms. The van der Waals surface area contributed by atoms with E-state index in [0.29, 0.717) is 33.0 Å². The first-order valence-corrected chi connectivity index (χ1v) is 11.2. The Morgan fingerprint density at radius 1 is 1.00 bits per heavy atom. The van der Waals surface area contributed by atoms with E-state index in [0.717, 1.165) is 22.4 Å². The number of amides is 1. The zero-order valence-corrected chi connectivity index (χ0v) is 19.4. The van der Waals surface area contributed by atoms with E-state index in [1.54, 1.807) is 37.4 Å². The van der Waals surface area contributed by atoms with Gasteiger partial charge in [0.1, 0.15) is 11.6 Å². The third-order valence-electron chi connectivity index (χ3n) is 5.65. The van der Waals surface area contributed by atoms with Crippen LogP contribution in [0.2, 0.25) is 5.02 Å². The van der Waals surface area contributed by atoms with Crippen LogP contribution in [0.1, 0.15) is 15.9 Å². The normalized spacial score (nSPS) is 10.9. The second-order valence-electron chi connectivity index (χ2n) is 7.90. The lowest BCUT2D eigenvalue weighted by Gasteiger charge is -2.10. The van der Waals surface area contributed by atoms with Crippen LogP contribution < -0.4 is 10.1 Å². The maximum atomic E-state index is 13.4. The van der Waals surface area contributed by atoms with Crippen LogP contribution in [0.3, 0.4) is 0 Å². The molecule has 0 atom stereocenters. The number of hydrogen-bond acceptors (Lipinski definition) is 4. The first-order valence-electron chi connectivity index (χ1n) is 10.8. The van der Waals surface area contributed by atoms with Crippen molar-refractivity contribution in [2.75, 3.05) is 7.11 Å². The maximum Gasteiger partial charge on any atom is 0.252 e. The van der Waals surface area contributed by atoms with E-state index in [9.17, 15) is 9.18 Å². The van der Waals surface area contributed by atoms with Crippen LogP contribution in [0.25, 0.3) is 33.5 Å². The zero-order chi connectivity index (χ0) is 24.4. The van der Waals surface area contributed by atoms with Crippen molar-refractivity contribution in [3.63, 3.8) is 0 Å². The fourth-order valence-corrected chi connectivity index (χ4v) is 3.94. The Balaban J connectivity index is 1.59. The number of nitrogens with one attached hydrogen (secondary N) is 2. The van der Waals surface area contributed by atoms with Gasteiger partial charge in [-0.3, -0.25) is 9.89 Å². The first kappa shape index (κ1) is 22.6. The molecular weight excluding hydrogens is 467 g/mol. The second kappa shape index (κ2) is 9.56. The Kier molecular flexibility index (Phi) is 6.16. The van der Waals surface area contributed by atoms with E-state index in [1.165, 1.54) is 12.1 Å². The van der Waals surface area contributed by atoms with E-state index in [-0.39, 0.29) is 18.3 Å². The molecule has 2 N–H and O–H groups in total. The molecule has 0 saturated carbocycles. The molecule has 0 fully saturated rings. The molecule has 35 heavy (non-hydrogen) atoms. The van der Waals surface area contributed by atoms with Crippen molar-refractivity contribution in [3.05, 3.63) is 101 Å². The molecule has 0 saturated heterocycles. The van der Waals surface area contributed by atoms with E-state index >= 15 is 0 Å². The minimum absolute atomic E-state index is 0.245. The lowest BCUT2D eigenvalue weighted by Crippen LogP contribution is -2.23. The van der Waals surface area contributed by atoms with Crippen molar-refractivity contribution in [1.29, 1.82) is 0 Å². The summed E-state index contributed by atoms with van der Waals surface area (Å²) in [4.78, 5) is 18.1. The van der Waals surface area contributed by atoms with Crippen molar-refractivity contribution in [2.45, 2.75) is 6.54 Å². The minimum Gasteiger partial charge on any atom is -0.497 e. The van der Waals surface area contributed by atoms with Crippen LogP contribution in [0, 0.1) is 5.82 Å². The van der Waals surface area contributed by atoms with Crippen LogP contribution in [-0.4, -0.2) is 28.2 Å². The second-order valence-corrected chi connectivity index (χ2v) is 8.33. The summed E-state index contributed by atoms with van der Waals surface area (Å²) in [7, 11) is 1.60. The molecule has 0 radical (unpaired) electrons. The van der Waals surface area contributed by atoms with Gasteiger partial charge in [0.15, 0.2) is 5.65 Å². The molecule has 0 aliphatic heterocycles. The summed E-state index contributed by atoms with van der Waals surface area (Å²) in [6.45, 7) is 0.245. The average Bonchev–Trinajstić information content (AvgIpc) is 3.32. The van der Waals surface area contributed by atoms with E-state index in [4.69, 9.17) is 21.3 Å². The van der Waals surface area contributed by atoms with Gasteiger partial charge in [0.2, 0.25) is 0 Å². The Morgan fingerprint density at radius 3 is 2.37 bits per heavy atom. The highest BCUT2D eigenvalue weighted by molar-refractivity contribution is 6.30. The molecule has 0 unspecified atom stereocenters. The van der Waals surface area contributed by atoms with Gasteiger partial charge in [0.25, 0.3) is 5.91 Å². The van der Waals surface area contributed by atoms with Gasteiger partial charge in [-0.05, 0) is 60.2 Å². The van der Waals surface area contributed by atoms with Crippen LogP contribution in [0.15, 0.2) is 78.9 Å². The summed E-state index contributed by atoms with van der Waals surface area (Å²) in [6, 6.07) is 22.4. The number of H-pyrrole nitrogens is 1. The number of benzene rings is 3. The number of fused-ring (bicyclic) bond motifs is 1. The Bertz CT molecular complexity index is 1500. The Hall–Kier alpha value is -4.23. The summed E-state index contributed by atoms with van der Waals surface area (Å²) < 4.78 is 18.5. The van der Waals surface area contributed by atoms with Gasteiger partial charge in [-0.25, -0.2) is 9.37 Å². The van der Waals surface area contributed by atoms with Crippen molar-refractivity contribution in [2.24, 2.45) is 0 Å². The van der Waals surface area contributed by atoms with Gasteiger partial charge >= 0.3 is 0 Å². The molecule has 6 nitrogen and oxygen atoms in total. The van der Waals surface area contributed by atoms with E-state index in [1.807, 2.05) is 36.4 Å². The molecule has 0 spiro atoms. The summed E-state index contributed by atoms with van der Waals surface area (Å²) >= 11 is 6.04. The van der Waals surface area contributed by atoms with Gasteiger partial charge in [-0.1, -0.05) is 35.9 Å². The molecule has 0 bridgehead atoms. The minimum atomic E-state index is -0.328. The number of halogens is 2. The Labute approximate surface area is 205 Å². The molecule has 2 aromatic heterocycles. The number of carbonyl (C=O) groups excluding carboxylic acids is 1. The van der Waals surface area contributed by atoms with Crippen molar-refractivity contribution >= 4 is 28.5 Å². The molecule has 174 valence electrons. The molecule has 3 aromatic carbocycles. The van der Waals surface area contributed by atoms with Gasteiger partial charge in [0, 0.05) is 22.7 Å². The van der Waals surface area contributed by atoms with Crippen LogP contribution in [-0.2, 0) is 6.54 Å². The number of carbonyl (C=O) groups is 1. The van der Waals surface area contributed by atoms with Crippen LogP contribution >= 0.6 is 11.6 Å². The summed E-state index contributed by atoms with van der Waals surface area (Å²) in [6.07, 6.45) is 0. The lowest BCUT2D eigenvalue weighted by atomic mass is 10.0. The predicted octanol–water partition coefficient (Wildman–Crippen LogP) is 6.02. The van der Waals surface area contributed by atoms with Gasteiger partial charge in [-0.2, -0.15) is 5.10 Å². The highest BCUT2D eigenvalue weighted by Crippen LogP contribution is 2.32. The number of nitrogens with zero attached hydrogens (tertiary/aromatic N) is 2.